The fourth-order valence-electron chi connectivity index (χ4n) is 1.21. The van der Waals surface area contributed by atoms with Crippen molar-refractivity contribution in [3.8, 4) is 5.75 Å². The molecule has 0 atom stereocenters. The lowest BCUT2D eigenvalue weighted by Gasteiger charge is -2.04. The van der Waals surface area contributed by atoms with Gasteiger partial charge in [-0.25, -0.2) is 0 Å². The van der Waals surface area contributed by atoms with E-state index in [9.17, 15) is 4.79 Å². The molecule has 0 aliphatic heterocycles. The summed E-state index contributed by atoms with van der Waals surface area (Å²) in [6.45, 7) is 1.99. The summed E-state index contributed by atoms with van der Waals surface area (Å²) in [5, 5.41) is 8.90. The Morgan fingerprint density at radius 1 is 1.47 bits per heavy atom. The van der Waals surface area contributed by atoms with Crippen LogP contribution < -0.4 is 4.74 Å². The number of esters is 1. The Morgan fingerprint density at radius 3 is 2.93 bits per heavy atom. The van der Waals surface area contributed by atoms with Gasteiger partial charge in [-0.2, -0.15) is 0 Å². The molecule has 1 rings (SSSR count). The van der Waals surface area contributed by atoms with Gasteiger partial charge >= 0.3 is 5.97 Å². The van der Waals surface area contributed by atoms with Crippen LogP contribution in [0.5, 0.6) is 5.75 Å². The van der Waals surface area contributed by atoms with Crippen LogP contribution in [0.15, 0.2) is 24.3 Å². The molecule has 0 spiro atoms. The fraction of sp³-hybridized carbons (Fsp3) is 0.417. The Balaban J connectivity index is 2.52. The molecule has 0 saturated carbocycles. The van der Waals surface area contributed by atoms with Gasteiger partial charge in [0.25, 0.3) is 0 Å². The van der Waals surface area contributed by atoms with E-state index in [1.807, 2.05) is 6.92 Å². The number of aliphatic hydroxyl groups excluding tert-OH is 1. The number of aliphatic hydroxyl groups is 1. The van der Waals surface area contributed by atoms with Gasteiger partial charge in [0, 0.05) is 6.42 Å². The molecule has 0 radical (unpaired) electrons. The van der Waals surface area contributed by atoms with E-state index < -0.39 is 0 Å². The largest absolute Gasteiger partial charge is 0.427 e. The zero-order valence-corrected chi connectivity index (χ0v) is 8.90. The highest BCUT2D eigenvalue weighted by atomic mass is 16.5. The molecule has 0 amide bonds. The van der Waals surface area contributed by atoms with Crippen molar-refractivity contribution < 1.29 is 14.6 Å². The second kappa shape index (κ2) is 6.19. The maximum absolute atomic E-state index is 11.3. The first-order valence-electron chi connectivity index (χ1n) is 5.16. The summed E-state index contributed by atoms with van der Waals surface area (Å²) >= 11 is 0. The number of rotatable bonds is 5. The third-order valence-corrected chi connectivity index (χ3v) is 2.05. The number of ether oxygens (including phenoxy) is 1. The van der Waals surface area contributed by atoms with Crippen molar-refractivity contribution in [2.75, 3.05) is 0 Å². The van der Waals surface area contributed by atoms with Crippen LogP contribution in [-0.4, -0.2) is 11.1 Å². The number of unbranched alkanes of at least 4 members (excludes halogenated alkanes) is 1. The molecule has 0 aromatic heterocycles. The zero-order valence-electron chi connectivity index (χ0n) is 8.90. The maximum Gasteiger partial charge on any atom is 0.311 e. The smallest absolute Gasteiger partial charge is 0.311 e. The van der Waals surface area contributed by atoms with Crippen LogP contribution in [0.2, 0.25) is 0 Å². The molecule has 3 nitrogen and oxygen atoms in total. The van der Waals surface area contributed by atoms with E-state index in [0.29, 0.717) is 12.2 Å². The third kappa shape index (κ3) is 4.13. The summed E-state index contributed by atoms with van der Waals surface area (Å²) < 4.78 is 5.11. The van der Waals surface area contributed by atoms with Crippen LogP contribution in [0.3, 0.4) is 0 Å². The number of hydrogen-bond acceptors (Lipinski definition) is 3. The maximum atomic E-state index is 11.3. The normalized spacial score (nSPS) is 10.0. The molecule has 0 aliphatic rings. The highest BCUT2D eigenvalue weighted by molar-refractivity contribution is 5.72. The van der Waals surface area contributed by atoms with Gasteiger partial charge in [-0.3, -0.25) is 4.79 Å². The van der Waals surface area contributed by atoms with Crippen molar-refractivity contribution in [1.82, 2.24) is 0 Å². The average molecular weight is 208 g/mol. The SMILES string of the molecule is CCCCC(=O)Oc1cccc(CO)c1. The molecular formula is C12H16O3. The molecule has 1 aromatic rings. The quantitative estimate of drug-likeness (QED) is 0.596. The standard InChI is InChI=1S/C12H16O3/c1-2-3-7-12(14)15-11-6-4-5-10(8-11)9-13/h4-6,8,13H,2-3,7,9H2,1H3. The Kier molecular flexibility index (Phi) is 4.84. The molecular weight excluding hydrogens is 192 g/mol. The van der Waals surface area contributed by atoms with E-state index in [4.69, 9.17) is 9.84 Å². The van der Waals surface area contributed by atoms with E-state index in [0.717, 1.165) is 18.4 Å². The Morgan fingerprint density at radius 2 is 2.27 bits per heavy atom. The Hall–Kier alpha value is -1.35. The molecule has 0 bridgehead atoms. The molecule has 15 heavy (non-hydrogen) atoms. The lowest BCUT2D eigenvalue weighted by Crippen LogP contribution is -2.07. The van der Waals surface area contributed by atoms with Crippen molar-refractivity contribution in [2.45, 2.75) is 32.8 Å². The van der Waals surface area contributed by atoms with Gasteiger partial charge in [-0.1, -0.05) is 25.5 Å². The van der Waals surface area contributed by atoms with Crippen molar-refractivity contribution in [2.24, 2.45) is 0 Å². The first kappa shape index (κ1) is 11.7. The Labute approximate surface area is 89.7 Å². The monoisotopic (exact) mass is 208 g/mol. The molecule has 82 valence electrons. The fourth-order valence-corrected chi connectivity index (χ4v) is 1.21. The van der Waals surface area contributed by atoms with Crippen molar-refractivity contribution >= 4 is 5.97 Å². The van der Waals surface area contributed by atoms with Gasteiger partial charge in [-0.15, -0.1) is 0 Å². The second-order valence-corrected chi connectivity index (χ2v) is 3.38. The average Bonchev–Trinajstić information content (AvgIpc) is 2.26. The molecule has 1 aromatic carbocycles. The number of carbonyl (C=O) groups excluding carboxylic acids is 1. The molecule has 0 heterocycles. The van der Waals surface area contributed by atoms with Gasteiger partial charge in [0.2, 0.25) is 0 Å². The van der Waals surface area contributed by atoms with E-state index in [1.165, 1.54) is 0 Å². The summed E-state index contributed by atoms with van der Waals surface area (Å²) in [4.78, 5) is 11.3. The predicted molar refractivity (Wildman–Crippen MR) is 57.5 cm³/mol. The van der Waals surface area contributed by atoms with E-state index in [1.54, 1.807) is 24.3 Å². The minimum atomic E-state index is -0.216. The highest BCUT2D eigenvalue weighted by Gasteiger charge is 2.04. The van der Waals surface area contributed by atoms with Gasteiger partial charge < -0.3 is 9.84 Å². The van der Waals surface area contributed by atoms with Gasteiger partial charge in [0.1, 0.15) is 5.75 Å². The number of hydrogen-bond donors (Lipinski definition) is 1. The van der Waals surface area contributed by atoms with Crippen molar-refractivity contribution in [3.63, 3.8) is 0 Å². The summed E-state index contributed by atoms with van der Waals surface area (Å²) in [6, 6.07) is 6.92. The molecule has 0 unspecified atom stereocenters. The molecule has 1 N–H and O–H groups in total. The lowest BCUT2D eigenvalue weighted by molar-refractivity contribution is -0.134. The number of benzene rings is 1. The van der Waals surface area contributed by atoms with Crippen LogP contribution in [0.4, 0.5) is 0 Å². The summed E-state index contributed by atoms with van der Waals surface area (Å²) in [7, 11) is 0. The summed E-state index contributed by atoms with van der Waals surface area (Å²) in [5.74, 6) is 0.287. The topological polar surface area (TPSA) is 46.5 Å². The van der Waals surface area contributed by atoms with Crippen LogP contribution in [0, 0.1) is 0 Å². The third-order valence-electron chi connectivity index (χ3n) is 2.05. The molecule has 0 aliphatic carbocycles. The summed E-state index contributed by atoms with van der Waals surface area (Å²) in [5.41, 5.74) is 0.746. The zero-order chi connectivity index (χ0) is 11.1. The molecule has 0 fully saturated rings. The van der Waals surface area contributed by atoms with Crippen LogP contribution in [0.1, 0.15) is 31.7 Å². The van der Waals surface area contributed by atoms with Crippen LogP contribution >= 0.6 is 0 Å². The lowest BCUT2D eigenvalue weighted by atomic mass is 10.2. The van der Waals surface area contributed by atoms with Crippen molar-refractivity contribution in [1.29, 1.82) is 0 Å². The van der Waals surface area contributed by atoms with Gasteiger partial charge in [-0.05, 0) is 24.1 Å². The van der Waals surface area contributed by atoms with Gasteiger partial charge in [0.05, 0.1) is 6.61 Å². The minimum absolute atomic E-state index is 0.0413. The number of carbonyl (C=O) groups is 1. The van der Waals surface area contributed by atoms with Crippen molar-refractivity contribution in [3.05, 3.63) is 29.8 Å². The molecule has 3 heteroatoms. The Bertz CT molecular complexity index is 320. The predicted octanol–water partition coefficient (Wildman–Crippen LogP) is 2.27. The first-order chi connectivity index (χ1) is 7.26. The molecule has 0 saturated heterocycles. The minimum Gasteiger partial charge on any atom is -0.427 e. The van der Waals surface area contributed by atoms with Crippen LogP contribution in [-0.2, 0) is 11.4 Å². The van der Waals surface area contributed by atoms with E-state index in [2.05, 4.69) is 0 Å². The van der Waals surface area contributed by atoms with Gasteiger partial charge in [0.15, 0.2) is 0 Å². The van der Waals surface area contributed by atoms with Crippen LogP contribution in [0.25, 0.3) is 0 Å². The van der Waals surface area contributed by atoms with E-state index in [-0.39, 0.29) is 12.6 Å². The second-order valence-electron chi connectivity index (χ2n) is 3.38. The van der Waals surface area contributed by atoms with E-state index >= 15 is 0 Å². The first-order valence-corrected chi connectivity index (χ1v) is 5.16. The summed E-state index contributed by atoms with van der Waals surface area (Å²) in [6.07, 6.45) is 2.27. The highest BCUT2D eigenvalue weighted by Crippen LogP contribution is 2.14.